The third-order valence-electron chi connectivity index (χ3n) is 4.87. The highest BCUT2D eigenvalue weighted by atomic mass is 35.5. The molecule has 2 heterocycles. The van der Waals surface area contributed by atoms with Gasteiger partial charge in [0.15, 0.2) is 0 Å². The molecule has 2 aliphatic rings. The van der Waals surface area contributed by atoms with Crippen LogP contribution in [0.15, 0.2) is 24.3 Å². The number of carbonyl (C=O) groups excluding carboxylic acids is 1. The Kier molecular flexibility index (Phi) is 6.88. The average Bonchev–Trinajstić information content (AvgIpc) is 2.86. The monoisotopic (exact) mass is 338 g/mol. The molecule has 2 unspecified atom stereocenters. The van der Waals surface area contributed by atoms with Gasteiger partial charge in [-0.1, -0.05) is 24.3 Å². The summed E-state index contributed by atoms with van der Waals surface area (Å²) in [5, 5.41) is 6.68. The van der Waals surface area contributed by atoms with Gasteiger partial charge in [0.1, 0.15) is 0 Å². The minimum absolute atomic E-state index is 0. The summed E-state index contributed by atoms with van der Waals surface area (Å²) in [6.07, 6.45) is 5.58. The number of piperidine rings is 1. The molecule has 2 N–H and O–H groups in total. The maximum atomic E-state index is 12.1. The van der Waals surface area contributed by atoms with Crippen molar-refractivity contribution >= 4 is 18.3 Å². The summed E-state index contributed by atoms with van der Waals surface area (Å²) < 4.78 is 5.10. The maximum absolute atomic E-state index is 12.1. The second kappa shape index (κ2) is 8.67. The second-order valence-electron chi connectivity index (χ2n) is 6.71. The van der Waals surface area contributed by atoms with Gasteiger partial charge in [0, 0.05) is 32.2 Å². The lowest BCUT2D eigenvalue weighted by molar-refractivity contribution is -0.122. The summed E-state index contributed by atoms with van der Waals surface area (Å²) in [5.41, 5.74) is 2.29. The van der Waals surface area contributed by atoms with Gasteiger partial charge < -0.3 is 15.4 Å². The van der Waals surface area contributed by atoms with Crippen LogP contribution in [0.25, 0.3) is 0 Å². The van der Waals surface area contributed by atoms with Crippen molar-refractivity contribution < 1.29 is 9.53 Å². The number of carbonyl (C=O) groups is 1. The van der Waals surface area contributed by atoms with E-state index in [1.54, 1.807) is 7.11 Å². The van der Waals surface area contributed by atoms with Crippen molar-refractivity contribution in [2.24, 2.45) is 5.92 Å². The van der Waals surface area contributed by atoms with E-state index in [4.69, 9.17) is 4.74 Å². The quantitative estimate of drug-likeness (QED) is 0.838. The largest absolute Gasteiger partial charge is 0.380 e. The van der Waals surface area contributed by atoms with Crippen molar-refractivity contribution in [1.29, 1.82) is 0 Å². The van der Waals surface area contributed by atoms with Crippen LogP contribution < -0.4 is 10.6 Å². The summed E-state index contributed by atoms with van der Waals surface area (Å²) in [6.45, 7) is 1.24. The first-order valence-electron chi connectivity index (χ1n) is 8.32. The molecule has 23 heavy (non-hydrogen) atoms. The van der Waals surface area contributed by atoms with Gasteiger partial charge in [0.2, 0.25) is 5.91 Å². The van der Waals surface area contributed by atoms with Gasteiger partial charge >= 0.3 is 0 Å². The molecule has 2 bridgehead atoms. The van der Waals surface area contributed by atoms with Crippen LogP contribution in [-0.4, -0.2) is 25.1 Å². The smallest absolute Gasteiger partial charge is 0.220 e. The molecule has 1 aromatic carbocycles. The lowest BCUT2D eigenvalue weighted by Crippen LogP contribution is -2.39. The fourth-order valence-electron chi connectivity index (χ4n) is 3.80. The molecule has 0 radical (unpaired) electrons. The molecular formula is C18H27ClN2O2. The van der Waals surface area contributed by atoms with E-state index >= 15 is 0 Å². The molecule has 0 saturated carbocycles. The number of rotatable bonds is 6. The number of halogens is 1. The van der Waals surface area contributed by atoms with Crippen molar-refractivity contribution in [3.8, 4) is 0 Å². The number of nitrogens with one attached hydrogen (secondary N) is 2. The molecule has 2 aliphatic heterocycles. The number of hydrogen-bond acceptors (Lipinski definition) is 3. The Morgan fingerprint density at radius 3 is 2.39 bits per heavy atom. The van der Waals surface area contributed by atoms with E-state index in [1.165, 1.54) is 12.8 Å². The summed E-state index contributed by atoms with van der Waals surface area (Å²) in [6, 6.07) is 9.53. The van der Waals surface area contributed by atoms with Gasteiger partial charge in [-0.25, -0.2) is 0 Å². The Bertz CT molecular complexity index is 494. The highest BCUT2D eigenvalue weighted by Gasteiger charge is 2.34. The Morgan fingerprint density at radius 1 is 1.17 bits per heavy atom. The highest BCUT2D eigenvalue weighted by Crippen LogP contribution is 2.32. The third-order valence-corrected chi connectivity index (χ3v) is 4.87. The van der Waals surface area contributed by atoms with Crippen molar-refractivity contribution in [3.63, 3.8) is 0 Å². The molecule has 1 aromatic rings. The number of ether oxygens (including phenoxy) is 1. The Labute approximate surface area is 144 Å². The van der Waals surface area contributed by atoms with Gasteiger partial charge in [-0.3, -0.25) is 4.79 Å². The van der Waals surface area contributed by atoms with Crippen LogP contribution in [0.1, 0.15) is 43.2 Å². The average molecular weight is 339 g/mol. The fourth-order valence-corrected chi connectivity index (χ4v) is 3.80. The third kappa shape index (κ3) is 5.20. The van der Waals surface area contributed by atoms with Crippen LogP contribution in [0.4, 0.5) is 0 Å². The van der Waals surface area contributed by atoms with Gasteiger partial charge in [-0.15, -0.1) is 12.4 Å². The molecule has 1 amide bonds. The first-order valence-corrected chi connectivity index (χ1v) is 8.32. The zero-order valence-electron chi connectivity index (χ0n) is 13.7. The zero-order valence-corrected chi connectivity index (χ0v) is 14.5. The number of hydrogen-bond donors (Lipinski definition) is 2. The van der Waals surface area contributed by atoms with Crippen molar-refractivity contribution in [3.05, 3.63) is 35.4 Å². The Balaban J connectivity index is 0.00000192. The van der Waals surface area contributed by atoms with E-state index in [0.717, 1.165) is 24.0 Å². The van der Waals surface area contributed by atoms with Crippen LogP contribution >= 0.6 is 12.4 Å². The number of benzene rings is 1. The van der Waals surface area contributed by atoms with Crippen LogP contribution in [0, 0.1) is 5.92 Å². The van der Waals surface area contributed by atoms with Crippen LogP contribution in [-0.2, 0) is 22.7 Å². The van der Waals surface area contributed by atoms with Crippen LogP contribution in [0.3, 0.4) is 0 Å². The van der Waals surface area contributed by atoms with E-state index in [-0.39, 0.29) is 18.3 Å². The fraction of sp³-hybridized carbons (Fsp3) is 0.611. The summed E-state index contributed by atoms with van der Waals surface area (Å²) in [4.78, 5) is 12.1. The predicted octanol–water partition coefficient (Wildman–Crippen LogP) is 2.79. The number of methoxy groups -OCH3 is 1. The van der Waals surface area contributed by atoms with Gasteiger partial charge in [-0.2, -0.15) is 0 Å². The Hall–Kier alpha value is -1.10. The lowest BCUT2D eigenvalue weighted by Gasteiger charge is -2.28. The van der Waals surface area contributed by atoms with E-state index in [0.29, 0.717) is 37.6 Å². The molecule has 3 rings (SSSR count). The van der Waals surface area contributed by atoms with E-state index < -0.39 is 0 Å². The second-order valence-corrected chi connectivity index (χ2v) is 6.71. The molecule has 0 aromatic heterocycles. The van der Waals surface area contributed by atoms with Crippen molar-refractivity contribution in [2.75, 3.05) is 7.11 Å². The highest BCUT2D eigenvalue weighted by molar-refractivity contribution is 5.85. The SMILES string of the molecule is COCc1ccc(CNC(=O)CC2CC3CCC(C2)N3)cc1.Cl. The van der Waals surface area contributed by atoms with E-state index in [9.17, 15) is 4.79 Å². The molecule has 128 valence electrons. The molecular weight excluding hydrogens is 312 g/mol. The Morgan fingerprint density at radius 2 is 1.78 bits per heavy atom. The number of amides is 1. The molecule has 0 aliphatic carbocycles. The summed E-state index contributed by atoms with van der Waals surface area (Å²) >= 11 is 0. The van der Waals surface area contributed by atoms with Gasteiger partial charge in [0.25, 0.3) is 0 Å². The minimum Gasteiger partial charge on any atom is -0.380 e. The maximum Gasteiger partial charge on any atom is 0.220 e. The molecule has 5 heteroatoms. The van der Waals surface area contributed by atoms with E-state index in [1.807, 2.05) is 0 Å². The summed E-state index contributed by atoms with van der Waals surface area (Å²) in [5.74, 6) is 0.745. The van der Waals surface area contributed by atoms with Crippen LogP contribution in [0.5, 0.6) is 0 Å². The van der Waals surface area contributed by atoms with Gasteiger partial charge in [-0.05, 0) is 42.7 Å². The van der Waals surface area contributed by atoms with Crippen LogP contribution in [0.2, 0.25) is 0 Å². The number of fused-ring (bicyclic) bond motifs is 2. The molecule has 0 spiro atoms. The van der Waals surface area contributed by atoms with Crippen molar-refractivity contribution in [1.82, 2.24) is 10.6 Å². The molecule has 4 nitrogen and oxygen atoms in total. The van der Waals surface area contributed by atoms with Crippen molar-refractivity contribution in [2.45, 2.75) is 57.3 Å². The normalized spacial score (nSPS) is 25.7. The topological polar surface area (TPSA) is 50.4 Å². The molecule has 2 atom stereocenters. The lowest BCUT2D eigenvalue weighted by atomic mass is 9.89. The zero-order chi connectivity index (χ0) is 15.4. The summed E-state index contributed by atoms with van der Waals surface area (Å²) in [7, 11) is 1.70. The van der Waals surface area contributed by atoms with E-state index in [2.05, 4.69) is 34.9 Å². The first-order chi connectivity index (χ1) is 10.7. The molecule has 2 fully saturated rings. The predicted molar refractivity (Wildman–Crippen MR) is 93.5 cm³/mol. The minimum atomic E-state index is 0. The van der Waals surface area contributed by atoms with Gasteiger partial charge in [0.05, 0.1) is 6.61 Å². The first kappa shape index (κ1) is 18.2. The standard InChI is InChI=1S/C18H26N2O2.ClH/c1-22-12-14-4-2-13(3-5-14)11-19-18(21)10-15-8-16-6-7-17(9-15)20-16;/h2-5,15-17,20H,6-12H2,1H3,(H,19,21);1H. The molecule has 2 saturated heterocycles.